The van der Waals surface area contributed by atoms with Crippen molar-refractivity contribution in [1.29, 1.82) is 0 Å². The van der Waals surface area contributed by atoms with E-state index >= 15 is 0 Å². The van der Waals surface area contributed by atoms with Gasteiger partial charge in [-0.25, -0.2) is 14.4 Å². The van der Waals surface area contributed by atoms with E-state index in [1.807, 2.05) is 24.3 Å². The number of methoxy groups -OCH3 is 1. The summed E-state index contributed by atoms with van der Waals surface area (Å²) in [6.07, 6.45) is 5.16. The lowest BCUT2D eigenvalue weighted by atomic mass is 10.1. The van der Waals surface area contributed by atoms with Crippen LogP contribution in [-0.4, -0.2) is 42.3 Å². The molecule has 1 saturated heterocycles. The molecule has 10 heteroatoms. The minimum Gasteiger partial charge on any atom is -0.497 e. The highest BCUT2D eigenvalue weighted by Crippen LogP contribution is 2.35. The summed E-state index contributed by atoms with van der Waals surface area (Å²) in [5.74, 6) is 0.792. The number of nitrogens with one attached hydrogen (secondary N) is 2. The van der Waals surface area contributed by atoms with Crippen LogP contribution in [0.4, 0.5) is 21.6 Å². The largest absolute Gasteiger partial charge is 0.497 e. The number of amides is 1. The molecule has 1 aliphatic heterocycles. The van der Waals surface area contributed by atoms with Gasteiger partial charge in [0.1, 0.15) is 35.6 Å². The molecular weight excluding hydrogens is 511 g/mol. The summed E-state index contributed by atoms with van der Waals surface area (Å²) in [6, 6.07) is 15.1. The van der Waals surface area contributed by atoms with Crippen molar-refractivity contribution in [3.05, 3.63) is 83.4 Å². The Kier molecular flexibility index (Phi) is 7.67. The van der Waals surface area contributed by atoms with Crippen LogP contribution in [0.3, 0.4) is 0 Å². The zero-order valence-corrected chi connectivity index (χ0v) is 21.2. The smallest absolute Gasteiger partial charge is 0.248 e. The van der Waals surface area contributed by atoms with E-state index in [0.717, 1.165) is 17.7 Å². The number of nitrogens with zero attached hydrogens (tertiary/aromatic N) is 2. The molecule has 1 aliphatic rings. The molecule has 5 rings (SSSR count). The molecule has 1 atom stereocenters. The van der Waals surface area contributed by atoms with E-state index in [1.54, 1.807) is 31.4 Å². The standard InChI is InChI=1S/C28H24ClFN4O4/c1-36-19-6-2-17(3-7-19)4-9-27(35)34-25-13-21-24(14-26(25)38-20-10-11-37-15-20)31-16-32-28(21)33-18-5-8-23(30)22(29)12-18/h2-9,12-14,16,20H,10-11,15H2,1H3,(H,34,35)(H,31,32,33)/b9-4+/t20-/m1/s1. The average Bonchev–Trinajstić information content (AvgIpc) is 3.44. The monoisotopic (exact) mass is 534 g/mol. The van der Waals surface area contributed by atoms with E-state index in [4.69, 9.17) is 25.8 Å². The molecule has 38 heavy (non-hydrogen) atoms. The first-order valence-corrected chi connectivity index (χ1v) is 12.2. The number of carbonyl (C=O) groups is 1. The molecule has 1 fully saturated rings. The van der Waals surface area contributed by atoms with Gasteiger partial charge in [0.25, 0.3) is 0 Å². The Morgan fingerprint density at radius 1 is 1.16 bits per heavy atom. The van der Waals surface area contributed by atoms with Gasteiger partial charge in [0.15, 0.2) is 0 Å². The lowest BCUT2D eigenvalue weighted by Gasteiger charge is -2.17. The second kappa shape index (κ2) is 11.5. The number of rotatable bonds is 8. The molecule has 4 aromatic rings. The van der Waals surface area contributed by atoms with Crippen molar-refractivity contribution in [3.63, 3.8) is 0 Å². The summed E-state index contributed by atoms with van der Waals surface area (Å²) in [4.78, 5) is 21.6. The Hall–Kier alpha value is -4.21. The zero-order valence-electron chi connectivity index (χ0n) is 20.4. The van der Waals surface area contributed by atoms with E-state index in [0.29, 0.717) is 47.1 Å². The third-order valence-electron chi connectivity index (χ3n) is 5.90. The van der Waals surface area contributed by atoms with Crippen molar-refractivity contribution in [2.75, 3.05) is 31.0 Å². The lowest BCUT2D eigenvalue weighted by Crippen LogP contribution is -2.18. The van der Waals surface area contributed by atoms with Crippen LogP contribution in [0.25, 0.3) is 17.0 Å². The Morgan fingerprint density at radius 3 is 2.74 bits per heavy atom. The molecule has 2 N–H and O–H groups in total. The molecule has 8 nitrogen and oxygen atoms in total. The molecule has 0 bridgehead atoms. The molecule has 194 valence electrons. The number of benzene rings is 3. The van der Waals surface area contributed by atoms with Crippen LogP contribution in [0, 0.1) is 5.82 Å². The average molecular weight is 535 g/mol. The zero-order chi connectivity index (χ0) is 26.5. The van der Waals surface area contributed by atoms with Gasteiger partial charge in [-0.15, -0.1) is 0 Å². The molecule has 1 amide bonds. The van der Waals surface area contributed by atoms with Gasteiger partial charge in [0, 0.05) is 29.6 Å². The van der Waals surface area contributed by atoms with Crippen LogP contribution < -0.4 is 20.1 Å². The predicted octanol–water partition coefficient (Wildman–Crippen LogP) is 5.99. The molecule has 0 aliphatic carbocycles. The molecule has 0 unspecified atom stereocenters. The van der Waals surface area contributed by atoms with Gasteiger partial charge in [-0.2, -0.15) is 0 Å². The van der Waals surface area contributed by atoms with Gasteiger partial charge >= 0.3 is 0 Å². The van der Waals surface area contributed by atoms with Crippen molar-refractivity contribution in [1.82, 2.24) is 9.97 Å². The Morgan fingerprint density at radius 2 is 2.00 bits per heavy atom. The molecule has 3 aromatic carbocycles. The summed E-state index contributed by atoms with van der Waals surface area (Å²) in [7, 11) is 1.60. The fourth-order valence-corrected chi connectivity index (χ4v) is 4.12. The Labute approximate surface area is 223 Å². The topological polar surface area (TPSA) is 94.6 Å². The molecule has 0 saturated carbocycles. The Bertz CT molecular complexity index is 1490. The lowest BCUT2D eigenvalue weighted by molar-refractivity contribution is -0.111. The van der Waals surface area contributed by atoms with Crippen LogP contribution in [-0.2, 0) is 9.53 Å². The highest BCUT2D eigenvalue weighted by Gasteiger charge is 2.21. The van der Waals surface area contributed by atoms with Crippen LogP contribution >= 0.6 is 11.6 Å². The number of anilines is 3. The first-order chi connectivity index (χ1) is 18.5. The molecule has 0 radical (unpaired) electrons. The maximum Gasteiger partial charge on any atom is 0.248 e. The summed E-state index contributed by atoms with van der Waals surface area (Å²) >= 11 is 5.94. The summed E-state index contributed by atoms with van der Waals surface area (Å²) < 4.78 is 30.4. The minimum absolute atomic E-state index is 0.0144. The predicted molar refractivity (Wildman–Crippen MR) is 145 cm³/mol. The fourth-order valence-electron chi connectivity index (χ4n) is 3.94. The maximum absolute atomic E-state index is 13.6. The minimum atomic E-state index is -0.518. The van der Waals surface area contributed by atoms with Crippen molar-refractivity contribution in [2.45, 2.75) is 12.5 Å². The highest BCUT2D eigenvalue weighted by atomic mass is 35.5. The molecular formula is C28H24ClFN4O4. The number of ether oxygens (including phenoxy) is 3. The number of halogens is 2. The molecule has 2 heterocycles. The Balaban J connectivity index is 1.45. The number of hydrogen-bond acceptors (Lipinski definition) is 7. The summed E-state index contributed by atoms with van der Waals surface area (Å²) in [5.41, 5.74) is 2.44. The van der Waals surface area contributed by atoms with Crippen molar-refractivity contribution in [3.8, 4) is 11.5 Å². The van der Waals surface area contributed by atoms with Crippen molar-refractivity contribution < 1.29 is 23.4 Å². The van der Waals surface area contributed by atoms with Crippen LogP contribution in [0.1, 0.15) is 12.0 Å². The van der Waals surface area contributed by atoms with Crippen molar-refractivity contribution in [2.24, 2.45) is 0 Å². The van der Waals surface area contributed by atoms with E-state index in [2.05, 4.69) is 20.6 Å². The van der Waals surface area contributed by atoms with Gasteiger partial charge in [-0.05, 0) is 48.0 Å². The summed E-state index contributed by atoms with van der Waals surface area (Å²) in [5, 5.41) is 6.66. The van der Waals surface area contributed by atoms with E-state index < -0.39 is 5.82 Å². The number of aromatic nitrogens is 2. The van der Waals surface area contributed by atoms with E-state index in [9.17, 15) is 9.18 Å². The van der Waals surface area contributed by atoms with Crippen molar-refractivity contribution >= 4 is 51.7 Å². The third-order valence-corrected chi connectivity index (χ3v) is 6.19. The van der Waals surface area contributed by atoms with E-state index in [1.165, 1.54) is 24.5 Å². The van der Waals surface area contributed by atoms with Gasteiger partial charge in [0.2, 0.25) is 5.91 Å². The fraction of sp³-hybridized carbons (Fsp3) is 0.179. The van der Waals surface area contributed by atoms with Gasteiger partial charge in [0.05, 0.1) is 36.6 Å². The van der Waals surface area contributed by atoms with E-state index in [-0.39, 0.29) is 17.0 Å². The third kappa shape index (κ3) is 6.01. The van der Waals surface area contributed by atoms with Gasteiger partial charge in [-0.3, -0.25) is 4.79 Å². The quantitative estimate of drug-likeness (QED) is 0.268. The molecule has 1 aromatic heterocycles. The van der Waals surface area contributed by atoms with Crippen LogP contribution in [0.15, 0.2) is 67.0 Å². The van der Waals surface area contributed by atoms with Gasteiger partial charge in [-0.1, -0.05) is 23.7 Å². The first-order valence-electron chi connectivity index (χ1n) is 11.9. The van der Waals surface area contributed by atoms with Crippen LogP contribution in [0.2, 0.25) is 5.02 Å². The van der Waals surface area contributed by atoms with Crippen LogP contribution in [0.5, 0.6) is 11.5 Å². The summed E-state index contributed by atoms with van der Waals surface area (Å²) in [6.45, 7) is 1.08. The van der Waals surface area contributed by atoms with Gasteiger partial charge < -0.3 is 24.8 Å². The second-order valence-electron chi connectivity index (χ2n) is 8.54. The second-order valence-corrected chi connectivity index (χ2v) is 8.95. The maximum atomic E-state index is 13.6. The normalized spacial score (nSPS) is 15.1. The first kappa shape index (κ1) is 25.4. The molecule has 0 spiro atoms. The number of hydrogen-bond donors (Lipinski definition) is 2. The highest BCUT2D eigenvalue weighted by molar-refractivity contribution is 6.31. The number of fused-ring (bicyclic) bond motifs is 1. The number of carbonyl (C=O) groups excluding carboxylic acids is 1. The SMILES string of the molecule is COc1ccc(/C=C/C(=O)Nc2cc3c(Nc4ccc(F)c(Cl)c4)ncnc3cc2O[C@@H]2CCOC2)cc1.